The first-order valence-electron chi connectivity index (χ1n) is 7.85. The summed E-state index contributed by atoms with van der Waals surface area (Å²) in [6, 6.07) is 5.23. The molecule has 128 valence electrons. The Labute approximate surface area is 141 Å². The van der Waals surface area contributed by atoms with Crippen LogP contribution in [0.4, 0.5) is 4.79 Å². The zero-order chi connectivity index (χ0) is 17.7. The number of ether oxygens (including phenoxy) is 1. The van der Waals surface area contributed by atoms with Gasteiger partial charge in [0, 0.05) is 12.1 Å². The molecule has 0 saturated heterocycles. The fourth-order valence-electron chi connectivity index (χ4n) is 2.22. The van der Waals surface area contributed by atoms with E-state index in [2.05, 4.69) is 16.5 Å². The monoisotopic (exact) mass is 329 g/mol. The molecule has 2 aromatic rings. The lowest BCUT2D eigenvalue weighted by Crippen LogP contribution is -2.37. The largest absolute Gasteiger partial charge is 0.444 e. The number of nitrogens with zero attached hydrogens (tertiary/aromatic N) is 2. The SMILES string of the molecule is C=CCCN(Cc1nc2ccc(C=O)cc2[nH]1)C(=O)OC(C)(C)C. The highest BCUT2D eigenvalue weighted by atomic mass is 16.6. The highest BCUT2D eigenvalue weighted by Crippen LogP contribution is 2.16. The standard InChI is InChI=1S/C18H23N3O3/c1-5-6-9-21(17(23)24-18(2,3)4)11-16-19-14-8-7-13(12-22)10-15(14)20-16/h5,7-8,10,12H,1,6,9,11H2,2-4H3,(H,19,20). The van der Waals surface area contributed by atoms with Crippen molar-refractivity contribution in [2.24, 2.45) is 0 Å². The van der Waals surface area contributed by atoms with Crippen LogP contribution in [0.5, 0.6) is 0 Å². The number of aldehydes is 1. The fourth-order valence-corrected chi connectivity index (χ4v) is 2.22. The molecule has 0 aliphatic heterocycles. The molecule has 0 unspecified atom stereocenters. The second kappa shape index (κ2) is 7.29. The normalized spacial score (nSPS) is 11.3. The summed E-state index contributed by atoms with van der Waals surface area (Å²) >= 11 is 0. The third-order valence-electron chi connectivity index (χ3n) is 3.29. The number of hydrogen-bond acceptors (Lipinski definition) is 4. The van der Waals surface area contributed by atoms with E-state index in [1.54, 1.807) is 29.2 Å². The number of aromatic amines is 1. The molecule has 0 fully saturated rings. The summed E-state index contributed by atoms with van der Waals surface area (Å²) in [5.41, 5.74) is 1.54. The van der Waals surface area contributed by atoms with Crippen LogP contribution < -0.4 is 0 Å². The smallest absolute Gasteiger partial charge is 0.410 e. The number of amides is 1. The summed E-state index contributed by atoms with van der Waals surface area (Å²) in [6.45, 7) is 9.98. The highest BCUT2D eigenvalue weighted by molar-refractivity contribution is 5.84. The van der Waals surface area contributed by atoms with E-state index in [-0.39, 0.29) is 0 Å². The zero-order valence-corrected chi connectivity index (χ0v) is 14.3. The Hall–Kier alpha value is -2.63. The van der Waals surface area contributed by atoms with Crippen molar-refractivity contribution in [3.8, 4) is 0 Å². The van der Waals surface area contributed by atoms with Crippen molar-refractivity contribution in [2.75, 3.05) is 6.54 Å². The minimum Gasteiger partial charge on any atom is -0.444 e. The van der Waals surface area contributed by atoms with Gasteiger partial charge in [0.25, 0.3) is 0 Å². The molecule has 0 radical (unpaired) electrons. The molecule has 0 saturated carbocycles. The average molecular weight is 329 g/mol. The van der Waals surface area contributed by atoms with Gasteiger partial charge in [-0.3, -0.25) is 4.79 Å². The zero-order valence-electron chi connectivity index (χ0n) is 14.3. The predicted molar refractivity (Wildman–Crippen MR) is 92.9 cm³/mol. The number of benzene rings is 1. The maximum absolute atomic E-state index is 12.4. The molecule has 0 spiro atoms. The molecule has 6 nitrogen and oxygen atoms in total. The predicted octanol–water partition coefficient (Wildman–Crippen LogP) is 3.69. The Balaban J connectivity index is 2.20. The molecule has 1 N–H and O–H groups in total. The lowest BCUT2D eigenvalue weighted by atomic mass is 10.2. The summed E-state index contributed by atoms with van der Waals surface area (Å²) in [7, 11) is 0. The second-order valence-corrected chi connectivity index (χ2v) is 6.56. The molecule has 0 aliphatic rings. The first-order valence-corrected chi connectivity index (χ1v) is 7.85. The van der Waals surface area contributed by atoms with E-state index in [0.29, 0.717) is 30.9 Å². The Kier molecular flexibility index (Phi) is 5.39. The van der Waals surface area contributed by atoms with Gasteiger partial charge in [0.05, 0.1) is 17.6 Å². The second-order valence-electron chi connectivity index (χ2n) is 6.56. The quantitative estimate of drug-likeness (QED) is 0.648. The summed E-state index contributed by atoms with van der Waals surface area (Å²) in [5, 5.41) is 0. The van der Waals surface area contributed by atoms with Crippen LogP contribution in [0.1, 0.15) is 43.4 Å². The minimum absolute atomic E-state index is 0.299. The molecular weight excluding hydrogens is 306 g/mol. The Morgan fingerprint density at radius 3 is 2.79 bits per heavy atom. The third kappa shape index (κ3) is 4.68. The Morgan fingerprint density at radius 1 is 1.42 bits per heavy atom. The van der Waals surface area contributed by atoms with Crippen LogP contribution in [0.25, 0.3) is 11.0 Å². The van der Waals surface area contributed by atoms with Crippen molar-refractivity contribution in [1.82, 2.24) is 14.9 Å². The molecule has 6 heteroatoms. The lowest BCUT2D eigenvalue weighted by Gasteiger charge is -2.26. The number of rotatable bonds is 6. The van der Waals surface area contributed by atoms with Gasteiger partial charge in [-0.25, -0.2) is 9.78 Å². The van der Waals surface area contributed by atoms with E-state index in [0.717, 1.165) is 17.3 Å². The molecule has 1 heterocycles. The fraction of sp³-hybridized carbons (Fsp3) is 0.389. The van der Waals surface area contributed by atoms with Gasteiger partial charge in [-0.05, 0) is 45.4 Å². The maximum atomic E-state index is 12.4. The van der Waals surface area contributed by atoms with Crippen molar-refractivity contribution >= 4 is 23.4 Å². The molecule has 2 rings (SSSR count). The Morgan fingerprint density at radius 2 is 2.17 bits per heavy atom. The Bertz CT molecular complexity index is 744. The van der Waals surface area contributed by atoms with E-state index in [4.69, 9.17) is 4.74 Å². The van der Waals surface area contributed by atoms with E-state index < -0.39 is 11.7 Å². The number of aromatic nitrogens is 2. The number of carbonyl (C=O) groups excluding carboxylic acids is 2. The van der Waals surface area contributed by atoms with E-state index in [1.165, 1.54) is 0 Å². The molecule has 1 amide bonds. The van der Waals surface area contributed by atoms with Gasteiger partial charge in [0.1, 0.15) is 17.7 Å². The van der Waals surface area contributed by atoms with Crippen molar-refractivity contribution < 1.29 is 14.3 Å². The van der Waals surface area contributed by atoms with Gasteiger partial charge in [0.2, 0.25) is 0 Å². The summed E-state index contributed by atoms with van der Waals surface area (Å²) < 4.78 is 5.44. The number of imidazole rings is 1. The molecule has 1 aromatic heterocycles. The topological polar surface area (TPSA) is 75.3 Å². The van der Waals surface area contributed by atoms with Crippen LogP contribution in [0.2, 0.25) is 0 Å². The molecule has 0 atom stereocenters. The number of fused-ring (bicyclic) bond motifs is 1. The van der Waals surface area contributed by atoms with Gasteiger partial charge in [-0.2, -0.15) is 0 Å². The van der Waals surface area contributed by atoms with Crippen LogP contribution in [0.15, 0.2) is 30.9 Å². The first-order chi connectivity index (χ1) is 11.3. The van der Waals surface area contributed by atoms with E-state index in [1.807, 2.05) is 20.8 Å². The lowest BCUT2D eigenvalue weighted by molar-refractivity contribution is 0.0232. The number of hydrogen-bond donors (Lipinski definition) is 1. The third-order valence-corrected chi connectivity index (χ3v) is 3.29. The van der Waals surface area contributed by atoms with Crippen molar-refractivity contribution in [3.63, 3.8) is 0 Å². The van der Waals surface area contributed by atoms with Crippen molar-refractivity contribution in [2.45, 2.75) is 39.3 Å². The first kappa shape index (κ1) is 17.7. The van der Waals surface area contributed by atoms with Gasteiger partial charge in [-0.15, -0.1) is 6.58 Å². The van der Waals surface area contributed by atoms with Gasteiger partial charge in [-0.1, -0.05) is 6.08 Å². The van der Waals surface area contributed by atoms with Crippen LogP contribution >= 0.6 is 0 Å². The maximum Gasteiger partial charge on any atom is 0.410 e. The van der Waals surface area contributed by atoms with Crippen LogP contribution in [-0.2, 0) is 11.3 Å². The molecule has 24 heavy (non-hydrogen) atoms. The molecule has 1 aromatic carbocycles. The number of nitrogens with one attached hydrogen (secondary N) is 1. The van der Waals surface area contributed by atoms with Crippen LogP contribution in [0.3, 0.4) is 0 Å². The molecule has 0 bridgehead atoms. The van der Waals surface area contributed by atoms with Gasteiger partial charge in [0.15, 0.2) is 0 Å². The summed E-state index contributed by atoms with van der Waals surface area (Å²) in [5.74, 6) is 0.642. The van der Waals surface area contributed by atoms with Crippen molar-refractivity contribution in [3.05, 3.63) is 42.2 Å². The highest BCUT2D eigenvalue weighted by Gasteiger charge is 2.22. The van der Waals surface area contributed by atoms with E-state index >= 15 is 0 Å². The summed E-state index contributed by atoms with van der Waals surface area (Å²) in [6.07, 6.45) is 2.82. The minimum atomic E-state index is -0.559. The molecule has 0 aliphatic carbocycles. The molecular formula is C18H23N3O3. The number of carbonyl (C=O) groups is 2. The van der Waals surface area contributed by atoms with Gasteiger partial charge >= 0.3 is 6.09 Å². The summed E-state index contributed by atoms with van der Waals surface area (Å²) in [4.78, 5) is 32.4. The van der Waals surface area contributed by atoms with Crippen molar-refractivity contribution in [1.29, 1.82) is 0 Å². The van der Waals surface area contributed by atoms with E-state index in [9.17, 15) is 9.59 Å². The van der Waals surface area contributed by atoms with Gasteiger partial charge < -0.3 is 14.6 Å². The average Bonchev–Trinajstić information content (AvgIpc) is 2.90. The number of H-pyrrole nitrogens is 1. The van der Waals surface area contributed by atoms with Crippen LogP contribution in [0, 0.1) is 0 Å². The van der Waals surface area contributed by atoms with Crippen LogP contribution in [-0.4, -0.2) is 39.4 Å².